The number of carbonyl (C=O) groups excluding carboxylic acids is 1. The van der Waals surface area contributed by atoms with Crippen LogP contribution in [0.15, 0.2) is 36.4 Å². The Hall–Kier alpha value is -2.73. The molecule has 0 aliphatic rings. The highest BCUT2D eigenvalue weighted by atomic mass is 16.5. The normalized spacial score (nSPS) is 11.8. The summed E-state index contributed by atoms with van der Waals surface area (Å²) in [6.07, 6.45) is 1.00. The number of hydrogen-bond acceptors (Lipinski definition) is 5. The fourth-order valence-corrected chi connectivity index (χ4v) is 3.07. The number of carbonyl (C=O) groups is 1. The van der Waals surface area contributed by atoms with Crippen LogP contribution in [0.5, 0.6) is 17.2 Å². The molecule has 0 fully saturated rings. The molecule has 6 nitrogen and oxygen atoms in total. The molecule has 0 bridgehead atoms. The Kier molecular flexibility index (Phi) is 7.70. The summed E-state index contributed by atoms with van der Waals surface area (Å²) >= 11 is 0. The van der Waals surface area contributed by atoms with Gasteiger partial charge in [-0.1, -0.05) is 31.2 Å². The van der Waals surface area contributed by atoms with Crippen molar-refractivity contribution in [2.24, 2.45) is 0 Å². The summed E-state index contributed by atoms with van der Waals surface area (Å²) in [5.74, 6) is 1.20. The minimum absolute atomic E-state index is 0.0565. The summed E-state index contributed by atoms with van der Waals surface area (Å²) in [5, 5.41) is 3.01. The average molecular weight is 386 g/mol. The van der Waals surface area contributed by atoms with Crippen molar-refractivity contribution >= 4 is 5.91 Å². The van der Waals surface area contributed by atoms with E-state index in [1.165, 1.54) is 19.8 Å². The molecule has 2 aromatic carbocycles. The third kappa shape index (κ3) is 4.95. The van der Waals surface area contributed by atoms with Gasteiger partial charge in [-0.25, -0.2) is 0 Å². The van der Waals surface area contributed by atoms with E-state index >= 15 is 0 Å². The molecule has 0 aliphatic carbocycles. The second kappa shape index (κ2) is 9.99. The van der Waals surface area contributed by atoms with Crippen LogP contribution >= 0.6 is 0 Å². The van der Waals surface area contributed by atoms with Crippen molar-refractivity contribution in [1.82, 2.24) is 10.2 Å². The largest absolute Gasteiger partial charge is 0.496 e. The van der Waals surface area contributed by atoms with Gasteiger partial charge in [0.2, 0.25) is 0 Å². The number of hydrogen-bond donors (Lipinski definition) is 1. The number of nitrogens with one attached hydrogen (secondary N) is 1. The number of benzene rings is 2. The summed E-state index contributed by atoms with van der Waals surface area (Å²) in [6.45, 7) is 2.60. The zero-order chi connectivity index (χ0) is 20.7. The molecule has 0 aliphatic heterocycles. The molecule has 1 amide bonds. The van der Waals surface area contributed by atoms with Gasteiger partial charge in [-0.05, 0) is 31.6 Å². The van der Waals surface area contributed by atoms with E-state index in [1.54, 1.807) is 19.2 Å². The molecule has 6 heteroatoms. The molecule has 0 spiro atoms. The third-order valence-electron chi connectivity index (χ3n) is 4.80. The fraction of sp³-hybridized carbons (Fsp3) is 0.409. The quantitative estimate of drug-likeness (QED) is 0.717. The Bertz CT molecular complexity index is 788. The zero-order valence-corrected chi connectivity index (χ0v) is 17.5. The zero-order valence-electron chi connectivity index (χ0n) is 17.5. The summed E-state index contributed by atoms with van der Waals surface area (Å²) in [6, 6.07) is 11.8. The molecule has 2 aromatic rings. The summed E-state index contributed by atoms with van der Waals surface area (Å²) in [4.78, 5) is 14.9. The lowest BCUT2D eigenvalue weighted by Crippen LogP contribution is -2.34. The van der Waals surface area contributed by atoms with E-state index in [9.17, 15) is 4.79 Å². The minimum atomic E-state index is -0.227. The highest BCUT2D eigenvalue weighted by Crippen LogP contribution is 2.34. The maximum Gasteiger partial charge on any atom is 0.255 e. The van der Waals surface area contributed by atoms with E-state index in [0.29, 0.717) is 29.4 Å². The Morgan fingerprint density at radius 2 is 1.54 bits per heavy atom. The van der Waals surface area contributed by atoms with Gasteiger partial charge in [-0.2, -0.15) is 0 Å². The third-order valence-corrected chi connectivity index (χ3v) is 4.80. The van der Waals surface area contributed by atoms with Gasteiger partial charge in [0.1, 0.15) is 5.75 Å². The van der Waals surface area contributed by atoms with E-state index in [2.05, 4.69) is 41.4 Å². The van der Waals surface area contributed by atoms with Crippen LogP contribution in [0.2, 0.25) is 0 Å². The van der Waals surface area contributed by atoms with Crippen LogP contribution in [0.3, 0.4) is 0 Å². The van der Waals surface area contributed by atoms with Crippen LogP contribution in [0.4, 0.5) is 0 Å². The summed E-state index contributed by atoms with van der Waals surface area (Å²) in [7, 11) is 8.61. The van der Waals surface area contributed by atoms with Gasteiger partial charge >= 0.3 is 0 Å². The van der Waals surface area contributed by atoms with E-state index in [1.807, 2.05) is 14.1 Å². The molecule has 1 atom stereocenters. The molecule has 0 aromatic heterocycles. The van der Waals surface area contributed by atoms with Crippen LogP contribution in [-0.2, 0) is 6.42 Å². The molecule has 28 heavy (non-hydrogen) atoms. The number of likely N-dealkylation sites (N-methyl/N-ethyl adjacent to an activating group) is 1. The van der Waals surface area contributed by atoms with Crippen LogP contribution in [0, 0.1) is 0 Å². The maximum absolute atomic E-state index is 12.8. The van der Waals surface area contributed by atoms with Crippen molar-refractivity contribution in [1.29, 1.82) is 0 Å². The van der Waals surface area contributed by atoms with Crippen LogP contribution in [0.1, 0.15) is 34.5 Å². The van der Waals surface area contributed by atoms with Crippen LogP contribution in [0.25, 0.3) is 0 Å². The molecule has 0 heterocycles. The first-order valence-electron chi connectivity index (χ1n) is 9.28. The van der Waals surface area contributed by atoms with Crippen LogP contribution < -0.4 is 19.5 Å². The predicted octanol–water partition coefficient (Wildman–Crippen LogP) is 3.31. The standard InChI is InChI=1S/C22H30N2O4/c1-7-15-8-10-16(11-9-15)18(24(2)3)14-23-22(25)17-12-20(27-5)21(28-6)13-19(17)26-4/h8-13,18H,7,14H2,1-6H3,(H,23,25). The Labute approximate surface area is 167 Å². The second-order valence-electron chi connectivity index (χ2n) is 6.69. The Balaban J connectivity index is 2.20. The highest BCUT2D eigenvalue weighted by Gasteiger charge is 2.20. The van der Waals surface area contributed by atoms with Gasteiger partial charge in [0.15, 0.2) is 11.5 Å². The monoisotopic (exact) mass is 386 g/mol. The predicted molar refractivity (Wildman–Crippen MR) is 111 cm³/mol. The number of ether oxygens (including phenoxy) is 3. The molecule has 2 rings (SSSR count). The van der Waals surface area contributed by atoms with Crippen LogP contribution in [-0.4, -0.2) is 52.8 Å². The van der Waals surface area contributed by atoms with Crippen molar-refractivity contribution in [3.05, 3.63) is 53.1 Å². The number of aryl methyl sites for hydroxylation is 1. The van der Waals surface area contributed by atoms with Gasteiger partial charge in [-0.15, -0.1) is 0 Å². The lowest BCUT2D eigenvalue weighted by Gasteiger charge is -2.25. The van der Waals surface area contributed by atoms with Gasteiger partial charge in [-0.3, -0.25) is 4.79 Å². The van der Waals surface area contributed by atoms with E-state index in [4.69, 9.17) is 14.2 Å². The lowest BCUT2D eigenvalue weighted by molar-refractivity contribution is 0.0938. The molecular weight excluding hydrogens is 356 g/mol. The SMILES string of the molecule is CCc1ccc(C(CNC(=O)c2cc(OC)c(OC)cc2OC)N(C)C)cc1. The van der Waals surface area contributed by atoms with Crippen molar-refractivity contribution in [2.45, 2.75) is 19.4 Å². The topological polar surface area (TPSA) is 60.0 Å². The van der Waals surface area contributed by atoms with Gasteiger partial charge in [0.05, 0.1) is 32.9 Å². The minimum Gasteiger partial charge on any atom is -0.496 e. The number of rotatable bonds is 9. The molecular formula is C22H30N2O4. The first kappa shape index (κ1) is 21.6. The van der Waals surface area contributed by atoms with E-state index in [0.717, 1.165) is 12.0 Å². The molecule has 1 N–H and O–H groups in total. The first-order chi connectivity index (χ1) is 13.4. The Morgan fingerprint density at radius 1 is 0.964 bits per heavy atom. The van der Waals surface area contributed by atoms with Gasteiger partial charge in [0, 0.05) is 18.7 Å². The molecule has 0 radical (unpaired) electrons. The van der Waals surface area contributed by atoms with Crippen molar-refractivity contribution in [3.8, 4) is 17.2 Å². The molecule has 0 saturated heterocycles. The average Bonchev–Trinajstić information content (AvgIpc) is 2.72. The van der Waals surface area contributed by atoms with Crippen molar-refractivity contribution in [3.63, 3.8) is 0 Å². The van der Waals surface area contributed by atoms with E-state index in [-0.39, 0.29) is 11.9 Å². The second-order valence-corrected chi connectivity index (χ2v) is 6.69. The first-order valence-corrected chi connectivity index (χ1v) is 9.28. The Morgan fingerprint density at radius 3 is 2.04 bits per heavy atom. The number of methoxy groups -OCH3 is 3. The molecule has 1 unspecified atom stereocenters. The van der Waals surface area contributed by atoms with Gasteiger partial charge in [0.25, 0.3) is 5.91 Å². The highest BCUT2D eigenvalue weighted by molar-refractivity contribution is 5.97. The van der Waals surface area contributed by atoms with Crippen molar-refractivity contribution < 1.29 is 19.0 Å². The fourth-order valence-electron chi connectivity index (χ4n) is 3.07. The lowest BCUT2D eigenvalue weighted by atomic mass is 10.0. The smallest absolute Gasteiger partial charge is 0.255 e. The molecule has 152 valence electrons. The van der Waals surface area contributed by atoms with Gasteiger partial charge < -0.3 is 24.4 Å². The summed E-state index contributed by atoms with van der Waals surface area (Å²) < 4.78 is 16.0. The maximum atomic E-state index is 12.8. The van der Waals surface area contributed by atoms with Crippen molar-refractivity contribution in [2.75, 3.05) is 42.0 Å². The van der Waals surface area contributed by atoms with E-state index < -0.39 is 0 Å². The summed E-state index contributed by atoms with van der Waals surface area (Å²) in [5.41, 5.74) is 2.85. The molecule has 0 saturated carbocycles. The number of amides is 1. The number of nitrogens with zero attached hydrogens (tertiary/aromatic N) is 1.